The number of ether oxygens (including phenoxy) is 1. The number of hydrogen-bond donors (Lipinski definition) is 0. The van der Waals surface area contributed by atoms with Gasteiger partial charge in [-0.2, -0.15) is 0 Å². The normalized spacial score (nSPS) is 27.5. The molecule has 0 aromatic heterocycles. The average Bonchev–Trinajstić information content (AvgIpc) is 2.15. The van der Waals surface area contributed by atoms with Gasteiger partial charge >= 0.3 is 0 Å². The van der Waals surface area contributed by atoms with Crippen molar-refractivity contribution >= 4 is 8.32 Å². The number of allylic oxidation sites excluding steroid dienone is 1. The van der Waals surface area contributed by atoms with Crippen molar-refractivity contribution in [3.8, 4) is 0 Å². The highest BCUT2D eigenvalue weighted by atomic mass is 28.4. The second kappa shape index (κ2) is 5.17. The highest BCUT2D eigenvalue weighted by Gasteiger charge is 2.26. The van der Waals surface area contributed by atoms with Gasteiger partial charge < -0.3 is 9.16 Å². The summed E-state index contributed by atoms with van der Waals surface area (Å²) < 4.78 is 11.3. The highest BCUT2D eigenvalue weighted by molar-refractivity contribution is 6.70. The predicted octanol–water partition coefficient (Wildman–Crippen LogP) is 3.56. The van der Waals surface area contributed by atoms with E-state index in [2.05, 4.69) is 26.2 Å². The molecule has 3 heteroatoms. The van der Waals surface area contributed by atoms with Gasteiger partial charge in [0.25, 0.3) is 0 Å². The molecule has 1 fully saturated rings. The van der Waals surface area contributed by atoms with Crippen LogP contribution in [0, 0.1) is 5.92 Å². The molecule has 0 heterocycles. The van der Waals surface area contributed by atoms with Crippen molar-refractivity contribution in [2.75, 3.05) is 7.11 Å². The Balaban J connectivity index is 2.37. The van der Waals surface area contributed by atoms with E-state index < -0.39 is 8.32 Å². The summed E-state index contributed by atoms with van der Waals surface area (Å²) in [7, 11) is 0.344. The zero-order valence-corrected chi connectivity index (χ0v) is 11.5. The zero-order chi connectivity index (χ0) is 11.5. The molecule has 15 heavy (non-hydrogen) atoms. The molecular formula is C12H24O2Si. The van der Waals surface area contributed by atoms with Crippen molar-refractivity contribution in [2.24, 2.45) is 5.92 Å². The second-order valence-electron chi connectivity index (χ2n) is 5.39. The van der Waals surface area contributed by atoms with Crippen molar-refractivity contribution in [2.45, 2.75) is 51.4 Å². The Morgan fingerprint density at radius 1 is 1.13 bits per heavy atom. The molecule has 1 saturated carbocycles. The fraction of sp³-hybridized carbons (Fsp3) is 0.833. The Hall–Kier alpha value is -0.283. The summed E-state index contributed by atoms with van der Waals surface area (Å²) in [5, 5.41) is 0. The molecule has 0 aromatic rings. The molecule has 2 nitrogen and oxygen atoms in total. The summed E-state index contributed by atoms with van der Waals surface area (Å²) in [5.41, 5.74) is 0. The van der Waals surface area contributed by atoms with Gasteiger partial charge in [0.05, 0.1) is 11.9 Å². The first-order chi connectivity index (χ1) is 6.92. The van der Waals surface area contributed by atoms with Crippen LogP contribution in [0.1, 0.15) is 25.7 Å². The molecular weight excluding hydrogens is 204 g/mol. The maximum absolute atomic E-state index is 5.95. The lowest BCUT2D eigenvalue weighted by Crippen LogP contribution is -2.29. The van der Waals surface area contributed by atoms with Crippen LogP contribution in [0.4, 0.5) is 0 Å². The Morgan fingerprint density at radius 3 is 2.07 bits per heavy atom. The van der Waals surface area contributed by atoms with Gasteiger partial charge in [0, 0.05) is 13.0 Å². The highest BCUT2D eigenvalue weighted by Crippen LogP contribution is 2.32. The van der Waals surface area contributed by atoms with Crippen LogP contribution in [0.2, 0.25) is 19.6 Å². The first-order valence-electron chi connectivity index (χ1n) is 5.83. The Bertz CT molecular complexity index is 212. The van der Waals surface area contributed by atoms with E-state index >= 15 is 0 Å². The van der Waals surface area contributed by atoms with Crippen molar-refractivity contribution in [1.82, 2.24) is 0 Å². The second-order valence-corrected chi connectivity index (χ2v) is 9.82. The van der Waals surface area contributed by atoms with Gasteiger partial charge in [0.1, 0.15) is 0 Å². The number of methoxy groups -OCH3 is 1. The van der Waals surface area contributed by atoms with E-state index in [4.69, 9.17) is 9.16 Å². The Morgan fingerprint density at radius 2 is 1.67 bits per heavy atom. The van der Waals surface area contributed by atoms with Crippen LogP contribution in [-0.2, 0) is 9.16 Å². The lowest BCUT2D eigenvalue weighted by Gasteiger charge is -2.31. The molecule has 1 aliphatic carbocycles. The Kier molecular flexibility index (Phi) is 4.41. The quantitative estimate of drug-likeness (QED) is 0.541. The number of rotatable bonds is 4. The van der Waals surface area contributed by atoms with E-state index in [1.807, 2.05) is 0 Å². The standard InChI is InChI=1S/C12H24O2Si/c1-10(14-15(3,4)5)11-6-8-12(13-2)9-7-11/h11-12H,1,6-9H2,2-5H3. The molecule has 0 aliphatic heterocycles. The van der Waals surface area contributed by atoms with Gasteiger partial charge in [-0.3, -0.25) is 0 Å². The number of hydrogen-bond acceptors (Lipinski definition) is 2. The van der Waals surface area contributed by atoms with E-state index in [-0.39, 0.29) is 0 Å². The molecule has 0 amide bonds. The molecule has 0 radical (unpaired) electrons. The van der Waals surface area contributed by atoms with Gasteiger partial charge in [-0.25, -0.2) is 0 Å². The largest absolute Gasteiger partial charge is 0.548 e. The lowest BCUT2D eigenvalue weighted by molar-refractivity contribution is 0.0567. The molecule has 0 unspecified atom stereocenters. The topological polar surface area (TPSA) is 18.5 Å². The predicted molar refractivity (Wildman–Crippen MR) is 66.3 cm³/mol. The summed E-state index contributed by atoms with van der Waals surface area (Å²) in [6, 6.07) is 0. The van der Waals surface area contributed by atoms with Crippen LogP contribution in [-0.4, -0.2) is 21.5 Å². The van der Waals surface area contributed by atoms with Gasteiger partial charge in [-0.05, 0) is 45.3 Å². The van der Waals surface area contributed by atoms with E-state index in [1.54, 1.807) is 7.11 Å². The summed E-state index contributed by atoms with van der Waals surface area (Å²) in [6.45, 7) is 10.7. The van der Waals surface area contributed by atoms with Crippen molar-refractivity contribution in [3.63, 3.8) is 0 Å². The van der Waals surface area contributed by atoms with E-state index in [1.165, 1.54) is 12.8 Å². The molecule has 1 aliphatic rings. The maximum Gasteiger partial charge on any atom is 0.241 e. The van der Waals surface area contributed by atoms with E-state index in [0.717, 1.165) is 18.6 Å². The van der Waals surface area contributed by atoms with Gasteiger partial charge in [-0.1, -0.05) is 6.58 Å². The minimum absolute atomic E-state index is 0.459. The molecule has 0 N–H and O–H groups in total. The molecule has 0 atom stereocenters. The fourth-order valence-electron chi connectivity index (χ4n) is 2.10. The average molecular weight is 228 g/mol. The first-order valence-corrected chi connectivity index (χ1v) is 9.24. The first kappa shape index (κ1) is 12.8. The van der Waals surface area contributed by atoms with E-state index in [9.17, 15) is 0 Å². The summed E-state index contributed by atoms with van der Waals surface area (Å²) in [4.78, 5) is 0. The lowest BCUT2D eigenvalue weighted by atomic mass is 9.86. The minimum atomic E-state index is -1.46. The summed E-state index contributed by atoms with van der Waals surface area (Å²) in [6.07, 6.45) is 5.09. The molecule has 88 valence electrons. The van der Waals surface area contributed by atoms with Crippen LogP contribution in [0.25, 0.3) is 0 Å². The van der Waals surface area contributed by atoms with Crippen LogP contribution >= 0.6 is 0 Å². The smallest absolute Gasteiger partial charge is 0.241 e. The monoisotopic (exact) mass is 228 g/mol. The third-order valence-electron chi connectivity index (χ3n) is 2.90. The van der Waals surface area contributed by atoms with Crippen LogP contribution in [0.5, 0.6) is 0 Å². The van der Waals surface area contributed by atoms with Crippen LogP contribution in [0.3, 0.4) is 0 Å². The Labute approximate surface area is 94.8 Å². The fourth-order valence-corrected chi connectivity index (χ4v) is 3.05. The third kappa shape index (κ3) is 4.39. The van der Waals surface area contributed by atoms with Gasteiger partial charge in [-0.15, -0.1) is 0 Å². The van der Waals surface area contributed by atoms with Crippen molar-refractivity contribution < 1.29 is 9.16 Å². The van der Waals surface area contributed by atoms with Gasteiger partial charge in [0.2, 0.25) is 8.32 Å². The van der Waals surface area contributed by atoms with Crippen LogP contribution < -0.4 is 0 Å². The van der Waals surface area contributed by atoms with Gasteiger partial charge in [0.15, 0.2) is 0 Å². The van der Waals surface area contributed by atoms with Crippen LogP contribution in [0.15, 0.2) is 12.3 Å². The SMILES string of the molecule is C=C(O[Si](C)(C)C)C1CCC(OC)CC1. The summed E-state index contributed by atoms with van der Waals surface area (Å²) >= 11 is 0. The van der Waals surface area contributed by atoms with Crippen molar-refractivity contribution in [3.05, 3.63) is 12.3 Å². The minimum Gasteiger partial charge on any atom is -0.548 e. The molecule has 0 aromatic carbocycles. The van der Waals surface area contributed by atoms with E-state index in [0.29, 0.717) is 12.0 Å². The third-order valence-corrected chi connectivity index (χ3v) is 3.77. The molecule has 1 rings (SSSR count). The maximum atomic E-state index is 5.95. The zero-order valence-electron chi connectivity index (χ0n) is 10.5. The molecule has 0 spiro atoms. The van der Waals surface area contributed by atoms with Crippen molar-refractivity contribution in [1.29, 1.82) is 0 Å². The molecule has 0 bridgehead atoms. The molecule has 0 saturated heterocycles. The summed E-state index contributed by atoms with van der Waals surface area (Å²) in [5.74, 6) is 1.58.